The van der Waals surface area contributed by atoms with E-state index < -0.39 is 0 Å². The normalized spacial score (nSPS) is 13.5. The van der Waals surface area contributed by atoms with Crippen molar-refractivity contribution in [2.45, 2.75) is 32.4 Å². The van der Waals surface area contributed by atoms with E-state index >= 15 is 0 Å². The largest absolute Gasteiger partial charge is 0.332 e. The van der Waals surface area contributed by atoms with Crippen LogP contribution in [0.2, 0.25) is 0 Å². The molecule has 1 aliphatic rings. The van der Waals surface area contributed by atoms with Crippen LogP contribution in [0, 0.1) is 5.82 Å². The number of rotatable bonds is 5. The summed E-state index contributed by atoms with van der Waals surface area (Å²) in [6.07, 6.45) is 2.29. The first-order chi connectivity index (χ1) is 15.5. The zero-order valence-corrected chi connectivity index (χ0v) is 17.9. The summed E-state index contributed by atoms with van der Waals surface area (Å²) in [5.41, 5.74) is 2.12. The molecule has 0 saturated heterocycles. The first kappa shape index (κ1) is 20.2. The summed E-state index contributed by atoms with van der Waals surface area (Å²) < 4.78 is 18.1. The van der Waals surface area contributed by atoms with Gasteiger partial charge in [0, 0.05) is 32.4 Å². The van der Waals surface area contributed by atoms with Crippen molar-refractivity contribution in [2.75, 3.05) is 11.4 Å². The summed E-state index contributed by atoms with van der Waals surface area (Å²) in [5, 5.41) is 0. The van der Waals surface area contributed by atoms with Crippen LogP contribution in [-0.2, 0) is 26.6 Å². The third-order valence-corrected chi connectivity index (χ3v) is 6.05. The standard InChI is InChI=1S/C24H24FN5O2/c1-27-21-20(22(31)30(24(27)32)14-5-9-17-7-3-2-4-8-17)29-16-6-15-28(23(29)26-21)19-12-10-18(25)11-13-19/h2-4,7-8,10-13H,5-6,9,14-16H2,1H3. The zero-order valence-electron chi connectivity index (χ0n) is 17.9. The van der Waals surface area contributed by atoms with Gasteiger partial charge in [-0.2, -0.15) is 4.98 Å². The second kappa shape index (κ2) is 8.11. The SMILES string of the molecule is Cn1c(=O)n(CCCc2ccccc2)c(=O)c2c1nc1n2CCCN1c1ccc(F)cc1. The van der Waals surface area contributed by atoms with Crippen molar-refractivity contribution in [1.29, 1.82) is 0 Å². The molecule has 4 aromatic rings. The number of hydrogen-bond donors (Lipinski definition) is 0. The minimum Gasteiger partial charge on any atom is -0.312 e. The highest BCUT2D eigenvalue weighted by molar-refractivity contribution is 5.77. The molecule has 8 heteroatoms. The molecule has 5 rings (SSSR count). The molecule has 0 N–H and O–H groups in total. The lowest BCUT2D eigenvalue weighted by Gasteiger charge is -2.29. The Hall–Kier alpha value is -3.68. The van der Waals surface area contributed by atoms with Gasteiger partial charge in [0.25, 0.3) is 5.56 Å². The molecule has 0 saturated carbocycles. The molecule has 32 heavy (non-hydrogen) atoms. The number of fused-ring (bicyclic) bond motifs is 3. The molecule has 1 aliphatic heterocycles. The molecule has 0 unspecified atom stereocenters. The zero-order chi connectivity index (χ0) is 22.2. The monoisotopic (exact) mass is 433 g/mol. The van der Waals surface area contributed by atoms with E-state index in [-0.39, 0.29) is 17.1 Å². The van der Waals surface area contributed by atoms with Crippen molar-refractivity contribution in [2.24, 2.45) is 7.05 Å². The van der Waals surface area contributed by atoms with Crippen LogP contribution in [0.15, 0.2) is 64.2 Å². The fraction of sp³-hybridized carbons (Fsp3) is 0.292. The molecule has 0 spiro atoms. The molecule has 3 heterocycles. The molecule has 0 aliphatic carbocycles. The summed E-state index contributed by atoms with van der Waals surface area (Å²) in [6, 6.07) is 16.2. The lowest BCUT2D eigenvalue weighted by Crippen LogP contribution is -2.40. The quantitative estimate of drug-likeness (QED) is 0.485. The first-order valence-corrected chi connectivity index (χ1v) is 10.8. The molecule has 2 aromatic carbocycles. The van der Waals surface area contributed by atoms with E-state index in [1.807, 2.05) is 39.8 Å². The van der Waals surface area contributed by atoms with E-state index in [4.69, 9.17) is 0 Å². The Morgan fingerprint density at radius 1 is 1.00 bits per heavy atom. The van der Waals surface area contributed by atoms with Gasteiger partial charge in [0.15, 0.2) is 11.2 Å². The van der Waals surface area contributed by atoms with E-state index in [2.05, 4.69) is 4.98 Å². The minimum absolute atomic E-state index is 0.306. The number of benzene rings is 2. The van der Waals surface area contributed by atoms with Gasteiger partial charge in [-0.15, -0.1) is 0 Å². The van der Waals surface area contributed by atoms with Crippen molar-refractivity contribution in [1.82, 2.24) is 18.7 Å². The summed E-state index contributed by atoms with van der Waals surface area (Å²) in [5.74, 6) is 0.298. The molecule has 2 aromatic heterocycles. The first-order valence-electron chi connectivity index (χ1n) is 10.8. The molecule has 0 atom stereocenters. The summed E-state index contributed by atoms with van der Waals surface area (Å²) in [6.45, 7) is 1.69. The maximum Gasteiger partial charge on any atom is 0.332 e. The van der Waals surface area contributed by atoms with E-state index in [0.717, 1.165) is 18.5 Å². The summed E-state index contributed by atoms with van der Waals surface area (Å²) in [4.78, 5) is 33.0. The Kier molecular flexibility index (Phi) is 5.13. The number of hydrogen-bond acceptors (Lipinski definition) is 4. The number of anilines is 2. The third kappa shape index (κ3) is 3.41. The van der Waals surface area contributed by atoms with Gasteiger partial charge in [0.05, 0.1) is 0 Å². The van der Waals surface area contributed by atoms with Gasteiger partial charge < -0.3 is 9.47 Å². The smallest absolute Gasteiger partial charge is 0.312 e. The van der Waals surface area contributed by atoms with Crippen LogP contribution >= 0.6 is 0 Å². The average Bonchev–Trinajstić information content (AvgIpc) is 3.21. The Balaban J connectivity index is 1.55. The number of nitrogens with zero attached hydrogens (tertiary/aromatic N) is 5. The Labute approximate surface area is 184 Å². The molecular weight excluding hydrogens is 409 g/mol. The molecule has 164 valence electrons. The van der Waals surface area contributed by atoms with Crippen molar-refractivity contribution >= 4 is 22.8 Å². The molecule has 0 amide bonds. The van der Waals surface area contributed by atoms with Crippen molar-refractivity contribution < 1.29 is 4.39 Å². The van der Waals surface area contributed by atoms with Crippen LogP contribution in [0.4, 0.5) is 16.0 Å². The predicted octanol–water partition coefficient (Wildman–Crippen LogP) is 3.21. The number of halogens is 1. The van der Waals surface area contributed by atoms with Gasteiger partial charge in [-0.1, -0.05) is 30.3 Å². The highest BCUT2D eigenvalue weighted by atomic mass is 19.1. The maximum absolute atomic E-state index is 13.4. The van der Waals surface area contributed by atoms with Crippen LogP contribution in [-0.4, -0.2) is 25.2 Å². The van der Waals surface area contributed by atoms with E-state index in [1.54, 1.807) is 19.2 Å². The van der Waals surface area contributed by atoms with Gasteiger partial charge in [-0.05, 0) is 49.1 Å². The molecule has 0 radical (unpaired) electrons. The number of aromatic nitrogens is 4. The Morgan fingerprint density at radius 3 is 2.50 bits per heavy atom. The predicted molar refractivity (Wildman–Crippen MR) is 122 cm³/mol. The van der Waals surface area contributed by atoms with Crippen LogP contribution in [0.1, 0.15) is 18.4 Å². The molecule has 0 bridgehead atoms. The fourth-order valence-corrected chi connectivity index (χ4v) is 4.41. The van der Waals surface area contributed by atoms with Gasteiger partial charge >= 0.3 is 5.69 Å². The van der Waals surface area contributed by atoms with Gasteiger partial charge in [-0.3, -0.25) is 13.9 Å². The number of aryl methyl sites for hydroxylation is 3. The van der Waals surface area contributed by atoms with Gasteiger partial charge in [0.1, 0.15) is 5.82 Å². The van der Waals surface area contributed by atoms with Gasteiger partial charge in [-0.25, -0.2) is 9.18 Å². The van der Waals surface area contributed by atoms with E-state index in [0.29, 0.717) is 43.2 Å². The highest BCUT2D eigenvalue weighted by Crippen LogP contribution is 2.30. The third-order valence-electron chi connectivity index (χ3n) is 6.05. The topological polar surface area (TPSA) is 65.1 Å². The van der Waals surface area contributed by atoms with Crippen LogP contribution in [0.5, 0.6) is 0 Å². The lowest BCUT2D eigenvalue weighted by atomic mass is 10.1. The fourth-order valence-electron chi connectivity index (χ4n) is 4.41. The Bertz CT molecular complexity index is 1390. The van der Waals surface area contributed by atoms with Crippen LogP contribution in [0.25, 0.3) is 11.2 Å². The molecular formula is C24H24FN5O2. The minimum atomic E-state index is -0.362. The molecule has 0 fully saturated rings. The summed E-state index contributed by atoms with van der Waals surface area (Å²) >= 11 is 0. The molecule has 7 nitrogen and oxygen atoms in total. The lowest BCUT2D eigenvalue weighted by molar-refractivity contribution is 0.565. The second-order valence-corrected chi connectivity index (χ2v) is 8.10. The van der Waals surface area contributed by atoms with E-state index in [1.165, 1.54) is 26.8 Å². The van der Waals surface area contributed by atoms with E-state index in [9.17, 15) is 14.0 Å². The summed E-state index contributed by atoms with van der Waals surface area (Å²) in [7, 11) is 1.65. The second-order valence-electron chi connectivity index (χ2n) is 8.10. The maximum atomic E-state index is 13.4. The average molecular weight is 433 g/mol. The number of imidazole rings is 1. The van der Waals surface area contributed by atoms with Crippen molar-refractivity contribution in [3.8, 4) is 0 Å². The van der Waals surface area contributed by atoms with Gasteiger partial charge in [0.2, 0.25) is 5.95 Å². The Morgan fingerprint density at radius 2 is 1.75 bits per heavy atom. The van der Waals surface area contributed by atoms with Crippen LogP contribution < -0.4 is 16.1 Å². The van der Waals surface area contributed by atoms with Crippen molar-refractivity contribution in [3.05, 3.63) is 86.8 Å². The highest BCUT2D eigenvalue weighted by Gasteiger charge is 2.26. The van der Waals surface area contributed by atoms with Crippen LogP contribution in [0.3, 0.4) is 0 Å². The van der Waals surface area contributed by atoms with Crippen molar-refractivity contribution in [3.63, 3.8) is 0 Å².